The first kappa shape index (κ1) is 13.2. The molecule has 3 unspecified atom stereocenters. The van der Waals surface area contributed by atoms with E-state index < -0.39 is 6.17 Å². The number of hydrogen-bond donors (Lipinski definition) is 0. The molecule has 4 atom stereocenters. The Kier molecular flexibility index (Phi) is 4.98. The minimum Gasteiger partial charge on any atom is -0.247 e. The van der Waals surface area contributed by atoms with Crippen LogP contribution in [-0.2, 0) is 0 Å². The third kappa shape index (κ3) is 3.33. The SMILES string of the molecule is CC[C@H](C)/C=C/C1=CC=CC(C(C)F)C1C. The van der Waals surface area contributed by atoms with Crippen molar-refractivity contribution in [2.24, 2.45) is 17.8 Å². The zero-order valence-corrected chi connectivity index (χ0v) is 10.8. The number of halogens is 1. The molecule has 0 N–H and O–H groups in total. The van der Waals surface area contributed by atoms with Gasteiger partial charge in [-0.05, 0) is 24.3 Å². The Hall–Kier alpha value is -0.850. The molecule has 0 aromatic rings. The normalized spacial score (nSPS) is 29.2. The largest absolute Gasteiger partial charge is 0.247 e. The van der Waals surface area contributed by atoms with Crippen LogP contribution in [0.1, 0.15) is 34.1 Å². The van der Waals surface area contributed by atoms with E-state index in [9.17, 15) is 4.39 Å². The zero-order chi connectivity index (χ0) is 12.1. The fraction of sp³-hybridized carbons (Fsp3) is 0.600. The highest BCUT2D eigenvalue weighted by molar-refractivity contribution is 5.31. The smallest absolute Gasteiger partial charge is 0.104 e. The Balaban J connectivity index is 2.71. The van der Waals surface area contributed by atoms with Gasteiger partial charge in [0.2, 0.25) is 0 Å². The first-order valence-electron chi connectivity index (χ1n) is 6.26. The molecule has 0 heterocycles. The van der Waals surface area contributed by atoms with Crippen LogP contribution in [0.5, 0.6) is 0 Å². The topological polar surface area (TPSA) is 0 Å². The standard InChI is InChI=1S/C15H23F/c1-5-11(2)9-10-14-7-6-8-15(12(14)3)13(4)16/h6-13,15H,5H2,1-4H3/b10-9+/t11-,12?,13?,15?/m0/s1. The Labute approximate surface area is 98.9 Å². The van der Waals surface area contributed by atoms with E-state index in [-0.39, 0.29) is 11.8 Å². The molecule has 0 aliphatic heterocycles. The Bertz CT molecular complexity index is 297. The highest BCUT2D eigenvalue weighted by atomic mass is 19.1. The summed E-state index contributed by atoms with van der Waals surface area (Å²) in [4.78, 5) is 0. The van der Waals surface area contributed by atoms with Crippen LogP contribution < -0.4 is 0 Å². The van der Waals surface area contributed by atoms with Crippen molar-refractivity contribution < 1.29 is 4.39 Å². The maximum absolute atomic E-state index is 13.4. The Morgan fingerprint density at radius 1 is 1.44 bits per heavy atom. The van der Waals surface area contributed by atoms with Crippen LogP contribution in [-0.4, -0.2) is 6.17 Å². The summed E-state index contributed by atoms with van der Waals surface area (Å²) in [6.07, 6.45) is 10.8. The summed E-state index contributed by atoms with van der Waals surface area (Å²) in [5.74, 6) is 0.909. The predicted octanol–water partition coefficient (Wildman–Crippen LogP) is 4.70. The summed E-state index contributed by atoms with van der Waals surface area (Å²) in [6, 6.07) is 0. The van der Waals surface area contributed by atoms with Gasteiger partial charge in [0.1, 0.15) is 6.17 Å². The number of hydrogen-bond acceptors (Lipinski definition) is 0. The van der Waals surface area contributed by atoms with E-state index in [2.05, 4.69) is 39.0 Å². The lowest BCUT2D eigenvalue weighted by Gasteiger charge is -2.26. The summed E-state index contributed by atoms with van der Waals surface area (Å²) in [5, 5.41) is 0. The van der Waals surface area contributed by atoms with Crippen molar-refractivity contribution in [2.75, 3.05) is 0 Å². The molecule has 0 radical (unpaired) electrons. The summed E-state index contributed by atoms with van der Waals surface area (Å²) in [7, 11) is 0. The fourth-order valence-corrected chi connectivity index (χ4v) is 2.01. The lowest BCUT2D eigenvalue weighted by Crippen LogP contribution is -2.21. The maximum Gasteiger partial charge on any atom is 0.104 e. The van der Waals surface area contributed by atoms with Crippen LogP contribution >= 0.6 is 0 Å². The average Bonchev–Trinajstić information content (AvgIpc) is 2.26. The number of allylic oxidation sites excluding steroid dienone is 6. The van der Waals surface area contributed by atoms with Gasteiger partial charge in [-0.15, -0.1) is 0 Å². The second-order valence-corrected chi connectivity index (χ2v) is 4.84. The zero-order valence-electron chi connectivity index (χ0n) is 10.8. The summed E-state index contributed by atoms with van der Waals surface area (Å²) < 4.78 is 13.4. The highest BCUT2D eigenvalue weighted by Gasteiger charge is 2.24. The summed E-state index contributed by atoms with van der Waals surface area (Å²) in [6.45, 7) is 8.14. The van der Waals surface area contributed by atoms with E-state index in [1.54, 1.807) is 6.92 Å². The predicted molar refractivity (Wildman–Crippen MR) is 69.0 cm³/mol. The lowest BCUT2D eigenvalue weighted by molar-refractivity contribution is 0.247. The van der Waals surface area contributed by atoms with Crippen LogP contribution in [0.2, 0.25) is 0 Å². The van der Waals surface area contributed by atoms with Crippen molar-refractivity contribution in [3.8, 4) is 0 Å². The van der Waals surface area contributed by atoms with Crippen LogP contribution in [0.15, 0.2) is 36.0 Å². The second kappa shape index (κ2) is 6.03. The van der Waals surface area contributed by atoms with Crippen LogP contribution in [0.25, 0.3) is 0 Å². The third-order valence-electron chi connectivity index (χ3n) is 3.52. The van der Waals surface area contributed by atoms with Crippen LogP contribution in [0.4, 0.5) is 4.39 Å². The van der Waals surface area contributed by atoms with Crippen LogP contribution in [0, 0.1) is 17.8 Å². The van der Waals surface area contributed by atoms with E-state index >= 15 is 0 Å². The molecule has 1 aliphatic rings. The van der Waals surface area contributed by atoms with E-state index in [4.69, 9.17) is 0 Å². The molecular formula is C15H23F. The van der Waals surface area contributed by atoms with Gasteiger partial charge < -0.3 is 0 Å². The van der Waals surface area contributed by atoms with Crippen molar-refractivity contribution in [1.82, 2.24) is 0 Å². The van der Waals surface area contributed by atoms with Gasteiger partial charge in [-0.1, -0.05) is 57.6 Å². The van der Waals surface area contributed by atoms with Crippen LogP contribution in [0.3, 0.4) is 0 Å². The third-order valence-corrected chi connectivity index (χ3v) is 3.52. The molecular weight excluding hydrogens is 199 g/mol. The molecule has 0 saturated carbocycles. The molecule has 0 spiro atoms. The number of alkyl halides is 1. The average molecular weight is 222 g/mol. The first-order valence-corrected chi connectivity index (χ1v) is 6.26. The molecule has 16 heavy (non-hydrogen) atoms. The maximum atomic E-state index is 13.4. The molecule has 0 aromatic heterocycles. The van der Waals surface area contributed by atoms with Crippen molar-refractivity contribution in [2.45, 2.75) is 40.3 Å². The second-order valence-electron chi connectivity index (χ2n) is 4.84. The van der Waals surface area contributed by atoms with E-state index in [0.29, 0.717) is 5.92 Å². The fourth-order valence-electron chi connectivity index (χ4n) is 2.01. The molecule has 0 nitrogen and oxygen atoms in total. The van der Waals surface area contributed by atoms with Crippen molar-refractivity contribution in [1.29, 1.82) is 0 Å². The minimum absolute atomic E-state index is 0.0292. The molecule has 0 bridgehead atoms. The van der Waals surface area contributed by atoms with Crippen molar-refractivity contribution >= 4 is 0 Å². The molecule has 0 amide bonds. The minimum atomic E-state index is -0.771. The summed E-state index contributed by atoms with van der Waals surface area (Å²) >= 11 is 0. The van der Waals surface area contributed by atoms with E-state index in [1.165, 1.54) is 5.57 Å². The van der Waals surface area contributed by atoms with Crippen molar-refractivity contribution in [3.63, 3.8) is 0 Å². The van der Waals surface area contributed by atoms with Gasteiger partial charge in [0.05, 0.1) is 0 Å². The van der Waals surface area contributed by atoms with Gasteiger partial charge in [0, 0.05) is 5.92 Å². The van der Waals surface area contributed by atoms with Gasteiger partial charge in [-0.25, -0.2) is 4.39 Å². The molecule has 0 fully saturated rings. The summed E-state index contributed by atoms with van der Waals surface area (Å²) in [5.41, 5.74) is 1.25. The molecule has 90 valence electrons. The van der Waals surface area contributed by atoms with Gasteiger partial charge in [0.25, 0.3) is 0 Å². The molecule has 1 aliphatic carbocycles. The van der Waals surface area contributed by atoms with Gasteiger partial charge >= 0.3 is 0 Å². The molecule has 1 rings (SSSR count). The monoisotopic (exact) mass is 222 g/mol. The first-order chi connectivity index (χ1) is 7.56. The van der Waals surface area contributed by atoms with Crippen molar-refractivity contribution in [3.05, 3.63) is 36.0 Å². The quantitative estimate of drug-likeness (QED) is 0.647. The van der Waals surface area contributed by atoms with E-state index in [0.717, 1.165) is 6.42 Å². The highest BCUT2D eigenvalue weighted by Crippen LogP contribution is 2.30. The lowest BCUT2D eigenvalue weighted by atomic mass is 9.81. The molecule has 1 heteroatoms. The molecule has 0 aromatic carbocycles. The Morgan fingerprint density at radius 2 is 2.12 bits per heavy atom. The van der Waals surface area contributed by atoms with E-state index in [1.807, 2.05) is 12.2 Å². The van der Waals surface area contributed by atoms with Gasteiger partial charge in [-0.2, -0.15) is 0 Å². The van der Waals surface area contributed by atoms with Gasteiger partial charge in [0.15, 0.2) is 0 Å². The Morgan fingerprint density at radius 3 is 2.69 bits per heavy atom. The van der Waals surface area contributed by atoms with Gasteiger partial charge in [-0.3, -0.25) is 0 Å². The molecule has 0 saturated heterocycles. The number of rotatable bonds is 4.